The molecule has 2 unspecified atom stereocenters. The van der Waals surface area contributed by atoms with Gasteiger partial charge in [-0.3, -0.25) is 9.36 Å². The molecule has 8 nitrogen and oxygen atoms in total. The minimum Gasteiger partial charge on any atom is -0.383 e. The van der Waals surface area contributed by atoms with E-state index in [-0.39, 0.29) is 11.6 Å². The zero-order valence-corrected chi connectivity index (χ0v) is 25.0. The third kappa shape index (κ3) is 5.68. The van der Waals surface area contributed by atoms with Gasteiger partial charge in [0.1, 0.15) is 5.65 Å². The van der Waals surface area contributed by atoms with E-state index in [4.69, 9.17) is 4.98 Å². The molecule has 222 valence electrons. The standard InChI is InChI=1S/C36H37N7O/c1-24(25-9-4-3-5-10-25)32-20-27-21-38-36(40-29-16-14-28(15-17-29)39-30-12-8-18-42(2)23-30)41-34(27)43(35(32)44)31-19-26-11-6-7-13-33(26)37-22-31/h3-7,9-11,13-17,20-21,30-31,37,39H,1,8,12,18-19,22-23H2,2H3,(H,38,40,41). The quantitative estimate of drug-likeness (QED) is 0.207. The summed E-state index contributed by atoms with van der Waals surface area (Å²) in [5, 5.41) is 11.3. The van der Waals surface area contributed by atoms with Crippen LogP contribution in [0.1, 0.15) is 35.6 Å². The molecule has 0 aliphatic carbocycles. The van der Waals surface area contributed by atoms with Crippen LogP contribution in [0, 0.1) is 0 Å². The first-order valence-corrected chi connectivity index (χ1v) is 15.3. The molecule has 0 spiro atoms. The van der Waals surface area contributed by atoms with Crippen LogP contribution in [0.4, 0.5) is 23.0 Å². The van der Waals surface area contributed by atoms with Crippen molar-refractivity contribution in [2.75, 3.05) is 42.6 Å². The van der Waals surface area contributed by atoms with Gasteiger partial charge in [-0.15, -0.1) is 0 Å². The smallest absolute Gasteiger partial charge is 0.260 e. The van der Waals surface area contributed by atoms with Gasteiger partial charge in [0.25, 0.3) is 5.56 Å². The van der Waals surface area contributed by atoms with E-state index in [0.29, 0.717) is 35.3 Å². The molecule has 0 radical (unpaired) electrons. The van der Waals surface area contributed by atoms with E-state index in [0.717, 1.165) is 47.5 Å². The van der Waals surface area contributed by atoms with Crippen LogP contribution >= 0.6 is 0 Å². The number of benzene rings is 3. The van der Waals surface area contributed by atoms with Gasteiger partial charge < -0.3 is 20.9 Å². The Hall–Kier alpha value is -4.95. The first-order chi connectivity index (χ1) is 21.5. The lowest BCUT2D eigenvalue weighted by Gasteiger charge is -2.30. The Bertz CT molecular complexity index is 1870. The third-order valence-electron chi connectivity index (χ3n) is 8.72. The van der Waals surface area contributed by atoms with Gasteiger partial charge in [0, 0.05) is 53.3 Å². The predicted molar refractivity (Wildman–Crippen MR) is 180 cm³/mol. The molecular formula is C36H37N7O. The highest BCUT2D eigenvalue weighted by Gasteiger charge is 2.25. The highest BCUT2D eigenvalue weighted by atomic mass is 16.1. The van der Waals surface area contributed by atoms with Crippen molar-refractivity contribution in [2.45, 2.75) is 31.3 Å². The average molecular weight is 584 g/mol. The fourth-order valence-corrected chi connectivity index (χ4v) is 6.44. The average Bonchev–Trinajstić information content (AvgIpc) is 3.05. The highest BCUT2D eigenvalue weighted by molar-refractivity contribution is 5.85. The summed E-state index contributed by atoms with van der Waals surface area (Å²) < 4.78 is 1.84. The minimum absolute atomic E-state index is 0.106. The van der Waals surface area contributed by atoms with Crippen molar-refractivity contribution in [1.82, 2.24) is 19.4 Å². The SMILES string of the molecule is C=C(c1ccccc1)c1cc2cnc(Nc3ccc(NC4CCCN(C)C4)cc3)nc2n(C2CNc3ccccc3C2)c1=O. The fourth-order valence-electron chi connectivity index (χ4n) is 6.44. The number of anilines is 4. The van der Waals surface area contributed by atoms with Crippen molar-refractivity contribution in [3.05, 3.63) is 125 Å². The van der Waals surface area contributed by atoms with E-state index >= 15 is 0 Å². The topological polar surface area (TPSA) is 87.1 Å². The minimum atomic E-state index is -0.129. The van der Waals surface area contributed by atoms with Gasteiger partial charge in [0.15, 0.2) is 0 Å². The Balaban J connectivity index is 1.22. The van der Waals surface area contributed by atoms with Crippen LogP contribution in [-0.2, 0) is 6.42 Å². The Morgan fingerprint density at radius 1 is 1.00 bits per heavy atom. The summed E-state index contributed by atoms with van der Waals surface area (Å²) in [6.45, 7) is 7.14. The number of likely N-dealkylation sites (N-methyl/N-ethyl adjacent to an activating group) is 1. The number of nitrogens with zero attached hydrogens (tertiary/aromatic N) is 4. The second-order valence-electron chi connectivity index (χ2n) is 11.9. The van der Waals surface area contributed by atoms with Crippen LogP contribution in [0.2, 0.25) is 0 Å². The van der Waals surface area contributed by atoms with Crippen molar-refractivity contribution in [2.24, 2.45) is 0 Å². The molecule has 2 aliphatic rings. The van der Waals surface area contributed by atoms with Crippen molar-refractivity contribution in [3.63, 3.8) is 0 Å². The van der Waals surface area contributed by atoms with E-state index in [9.17, 15) is 4.79 Å². The zero-order chi connectivity index (χ0) is 30.0. The third-order valence-corrected chi connectivity index (χ3v) is 8.72. The summed E-state index contributed by atoms with van der Waals surface area (Å²) >= 11 is 0. The van der Waals surface area contributed by atoms with E-state index in [1.807, 2.05) is 65.2 Å². The summed E-state index contributed by atoms with van der Waals surface area (Å²) in [5.74, 6) is 0.444. The summed E-state index contributed by atoms with van der Waals surface area (Å²) in [6.07, 6.45) is 4.91. The second-order valence-corrected chi connectivity index (χ2v) is 11.9. The van der Waals surface area contributed by atoms with Crippen LogP contribution < -0.4 is 21.5 Å². The summed E-state index contributed by atoms with van der Waals surface area (Å²) in [4.78, 5) is 26.2. The lowest BCUT2D eigenvalue weighted by molar-refractivity contribution is 0.261. The number of piperidine rings is 1. The molecule has 8 heteroatoms. The number of rotatable bonds is 7. The van der Waals surface area contributed by atoms with E-state index in [2.05, 4.69) is 63.7 Å². The Morgan fingerprint density at radius 2 is 1.77 bits per heavy atom. The molecule has 3 aromatic carbocycles. The lowest BCUT2D eigenvalue weighted by atomic mass is 9.97. The van der Waals surface area contributed by atoms with Crippen molar-refractivity contribution in [3.8, 4) is 0 Å². The number of likely N-dealkylation sites (tertiary alicyclic amines) is 1. The van der Waals surface area contributed by atoms with Gasteiger partial charge in [-0.25, -0.2) is 4.98 Å². The molecule has 4 heterocycles. The normalized spacial score (nSPS) is 18.3. The van der Waals surface area contributed by atoms with Crippen molar-refractivity contribution in [1.29, 1.82) is 0 Å². The molecule has 5 aromatic rings. The summed E-state index contributed by atoms with van der Waals surface area (Å²) in [7, 11) is 2.17. The molecule has 1 saturated heterocycles. The first kappa shape index (κ1) is 27.9. The molecule has 0 amide bonds. The largest absolute Gasteiger partial charge is 0.383 e. The highest BCUT2D eigenvalue weighted by Crippen LogP contribution is 2.30. The molecule has 2 aliphatic heterocycles. The number of fused-ring (bicyclic) bond motifs is 2. The van der Waals surface area contributed by atoms with Crippen LogP contribution in [0.3, 0.4) is 0 Å². The molecule has 1 fully saturated rings. The number of hydrogen-bond acceptors (Lipinski definition) is 7. The zero-order valence-electron chi connectivity index (χ0n) is 25.0. The molecule has 0 bridgehead atoms. The molecule has 44 heavy (non-hydrogen) atoms. The molecule has 2 aromatic heterocycles. The van der Waals surface area contributed by atoms with E-state index < -0.39 is 0 Å². The molecule has 0 saturated carbocycles. The van der Waals surface area contributed by atoms with Gasteiger partial charge in [0.2, 0.25) is 5.95 Å². The van der Waals surface area contributed by atoms with Gasteiger partial charge in [0.05, 0.1) is 6.04 Å². The van der Waals surface area contributed by atoms with Crippen LogP contribution in [0.25, 0.3) is 16.6 Å². The van der Waals surface area contributed by atoms with Crippen LogP contribution in [-0.4, -0.2) is 52.2 Å². The van der Waals surface area contributed by atoms with Crippen molar-refractivity contribution < 1.29 is 0 Å². The number of pyridine rings is 1. The number of aromatic nitrogens is 3. The number of para-hydroxylation sites is 1. The monoisotopic (exact) mass is 583 g/mol. The van der Waals surface area contributed by atoms with Gasteiger partial charge in [-0.05, 0) is 86.0 Å². The van der Waals surface area contributed by atoms with Crippen molar-refractivity contribution >= 4 is 39.6 Å². The Labute approximate surface area is 257 Å². The number of nitrogens with one attached hydrogen (secondary N) is 3. The van der Waals surface area contributed by atoms with Crippen LogP contribution in [0.5, 0.6) is 0 Å². The molecule has 3 N–H and O–H groups in total. The van der Waals surface area contributed by atoms with E-state index in [1.54, 1.807) is 6.20 Å². The fraction of sp³-hybridized carbons (Fsp3) is 0.250. The Morgan fingerprint density at radius 3 is 2.59 bits per heavy atom. The van der Waals surface area contributed by atoms with Gasteiger partial charge in [-0.1, -0.05) is 55.1 Å². The summed E-state index contributed by atoms with van der Waals surface area (Å²) in [5.41, 5.74) is 6.91. The predicted octanol–water partition coefficient (Wildman–Crippen LogP) is 6.31. The van der Waals surface area contributed by atoms with Gasteiger partial charge >= 0.3 is 0 Å². The van der Waals surface area contributed by atoms with E-state index in [1.165, 1.54) is 18.4 Å². The molecular weight excluding hydrogens is 546 g/mol. The second kappa shape index (κ2) is 12.0. The summed E-state index contributed by atoms with van der Waals surface area (Å²) in [6, 6.07) is 28.5. The maximum atomic E-state index is 14.3. The lowest BCUT2D eigenvalue weighted by Crippen LogP contribution is -2.39. The van der Waals surface area contributed by atoms with Gasteiger partial charge in [-0.2, -0.15) is 4.98 Å². The number of hydrogen-bond donors (Lipinski definition) is 3. The molecule has 2 atom stereocenters. The maximum Gasteiger partial charge on any atom is 0.260 e. The van der Waals surface area contributed by atoms with Crippen LogP contribution in [0.15, 0.2) is 102 Å². The first-order valence-electron chi connectivity index (χ1n) is 15.3. The maximum absolute atomic E-state index is 14.3. The molecule has 7 rings (SSSR count). The Kier molecular flexibility index (Phi) is 7.58.